The van der Waals surface area contributed by atoms with Gasteiger partial charge in [0.15, 0.2) is 5.13 Å². The molecule has 2 heterocycles. The number of nitrogens with two attached hydrogens (primary N) is 1. The van der Waals surface area contributed by atoms with Crippen molar-refractivity contribution in [1.29, 1.82) is 0 Å². The van der Waals surface area contributed by atoms with Gasteiger partial charge in [0, 0.05) is 37.5 Å². The molecule has 0 radical (unpaired) electrons. The van der Waals surface area contributed by atoms with E-state index >= 15 is 0 Å². The Kier molecular flexibility index (Phi) is 4.05. The van der Waals surface area contributed by atoms with Gasteiger partial charge in [-0.15, -0.1) is 11.3 Å². The highest BCUT2D eigenvalue weighted by Crippen LogP contribution is 2.44. The highest BCUT2D eigenvalue weighted by molar-refractivity contribution is 7.15. The van der Waals surface area contributed by atoms with Crippen molar-refractivity contribution in [3.8, 4) is 0 Å². The minimum Gasteiger partial charge on any atom is -0.384 e. The fraction of sp³-hybridized carbons (Fsp3) is 0.786. The molecule has 4 nitrogen and oxygen atoms in total. The number of rotatable bonds is 5. The van der Waals surface area contributed by atoms with Crippen molar-refractivity contribution in [2.45, 2.75) is 38.1 Å². The maximum absolute atomic E-state index is 5.87. The van der Waals surface area contributed by atoms with Gasteiger partial charge in [-0.3, -0.25) is 0 Å². The third-order valence-electron chi connectivity index (χ3n) is 4.06. The molecule has 1 saturated heterocycles. The first-order valence-electron chi connectivity index (χ1n) is 7.25. The molecule has 1 atom stereocenters. The van der Waals surface area contributed by atoms with Gasteiger partial charge in [0.1, 0.15) is 0 Å². The molecule has 0 amide bonds. The molecule has 5 heteroatoms. The van der Waals surface area contributed by atoms with E-state index in [-0.39, 0.29) is 0 Å². The van der Waals surface area contributed by atoms with Gasteiger partial charge in [-0.05, 0) is 31.6 Å². The molecule has 1 unspecified atom stereocenters. The molecule has 106 valence electrons. The number of ether oxygens (including phenoxy) is 1. The van der Waals surface area contributed by atoms with Crippen molar-refractivity contribution in [2.75, 3.05) is 31.7 Å². The maximum Gasteiger partial charge on any atom is 0.185 e. The van der Waals surface area contributed by atoms with E-state index in [2.05, 4.69) is 4.90 Å². The summed E-state index contributed by atoms with van der Waals surface area (Å²) < 4.78 is 5.30. The number of anilines is 1. The van der Waals surface area contributed by atoms with E-state index in [1.165, 1.54) is 41.4 Å². The number of thiazole rings is 1. The molecule has 2 N–H and O–H groups in total. The molecule has 0 aromatic carbocycles. The topological polar surface area (TPSA) is 51.4 Å². The molecule has 2 fully saturated rings. The Bertz CT molecular complexity index is 428. The zero-order valence-corrected chi connectivity index (χ0v) is 12.4. The molecule has 1 aromatic heterocycles. The Labute approximate surface area is 119 Å². The molecule has 1 aromatic rings. The molecule has 1 aliphatic carbocycles. The fourth-order valence-electron chi connectivity index (χ4n) is 2.92. The van der Waals surface area contributed by atoms with Gasteiger partial charge in [0.05, 0.1) is 12.3 Å². The second kappa shape index (κ2) is 5.77. The van der Waals surface area contributed by atoms with Crippen LogP contribution in [-0.4, -0.2) is 31.8 Å². The highest BCUT2D eigenvalue weighted by Gasteiger charge is 2.31. The maximum atomic E-state index is 5.87. The first-order chi connectivity index (χ1) is 9.31. The Morgan fingerprint density at radius 3 is 2.95 bits per heavy atom. The summed E-state index contributed by atoms with van der Waals surface area (Å²) in [5.41, 5.74) is 7.15. The second-order valence-electron chi connectivity index (χ2n) is 5.69. The normalized spacial score (nSPS) is 23.9. The monoisotopic (exact) mass is 281 g/mol. The van der Waals surface area contributed by atoms with Crippen LogP contribution in [0.3, 0.4) is 0 Å². The minimum atomic E-state index is 0.638. The molecule has 1 saturated carbocycles. The van der Waals surface area contributed by atoms with Crippen LogP contribution in [0.25, 0.3) is 0 Å². The van der Waals surface area contributed by atoms with Gasteiger partial charge in [0.25, 0.3) is 0 Å². The SMILES string of the molecule is COCC1CCCN(c2nc(C3CC3)c(CN)s2)C1. The standard InChI is InChI=1S/C14H23N3OS/c1-18-9-10-3-2-6-17(8-10)14-16-13(11-4-5-11)12(7-15)19-14/h10-11H,2-9,15H2,1H3. The Hall–Kier alpha value is -0.650. The summed E-state index contributed by atoms with van der Waals surface area (Å²) in [4.78, 5) is 8.62. The van der Waals surface area contributed by atoms with Gasteiger partial charge in [-0.25, -0.2) is 4.98 Å². The summed E-state index contributed by atoms with van der Waals surface area (Å²) in [6.45, 7) is 3.71. The van der Waals surface area contributed by atoms with Crippen LogP contribution < -0.4 is 10.6 Å². The van der Waals surface area contributed by atoms with Crippen molar-refractivity contribution >= 4 is 16.5 Å². The van der Waals surface area contributed by atoms with Gasteiger partial charge < -0.3 is 15.4 Å². The molecule has 1 aliphatic heterocycles. The Morgan fingerprint density at radius 2 is 2.26 bits per heavy atom. The molecule has 0 bridgehead atoms. The van der Waals surface area contributed by atoms with Gasteiger partial charge in [-0.2, -0.15) is 0 Å². The van der Waals surface area contributed by atoms with Crippen LogP contribution in [0, 0.1) is 5.92 Å². The number of aromatic nitrogens is 1. The summed E-state index contributed by atoms with van der Waals surface area (Å²) in [6.07, 6.45) is 5.10. The average Bonchev–Trinajstić information content (AvgIpc) is 3.18. The minimum absolute atomic E-state index is 0.638. The average molecular weight is 281 g/mol. The van der Waals surface area contributed by atoms with Crippen LogP contribution in [0.4, 0.5) is 5.13 Å². The second-order valence-corrected chi connectivity index (χ2v) is 6.75. The van der Waals surface area contributed by atoms with Crippen molar-refractivity contribution in [2.24, 2.45) is 11.7 Å². The molecule has 3 rings (SSSR count). The lowest BCUT2D eigenvalue weighted by Gasteiger charge is -2.32. The summed E-state index contributed by atoms with van der Waals surface area (Å²) in [6, 6.07) is 0. The molecule has 0 spiro atoms. The molecular formula is C14H23N3OS. The Morgan fingerprint density at radius 1 is 1.42 bits per heavy atom. The van der Waals surface area contributed by atoms with E-state index in [1.54, 1.807) is 18.4 Å². The third-order valence-corrected chi connectivity index (χ3v) is 5.21. The molecular weight excluding hydrogens is 258 g/mol. The van der Waals surface area contributed by atoms with E-state index < -0.39 is 0 Å². The van der Waals surface area contributed by atoms with Crippen LogP contribution in [0.5, 0.6) is 0 Å². The predicted molar refractivity (Wildman–Crippen MR) is 78.8 cm³/mol. The lowest BCUT2D eigenvalue weighted by molar-refractivity contribution is 0.143. The Balaban J connectivity index is 1.73. The summed E-state index contributed by atoms with van der Waals surface area (Å²) in [5.74, 6) is 1.34. The first kappa shape index (κ1) is 13.3. The van der Waals surface area contributed by atoms with Gasteiger partial charge in [-0.1, -0.05) is 0 Å². The zero-order chi connectivity index (χ0) is 13.2. The van der Waals surface area contributed by atoms with E-state index in [0.717, 1.165) is 19.7 Å². The third kappa shape index (κ3) is 2.93. The van der Waals surface area contributed by atoms with E-state index in [4.69, 9.17) is 15.5 Å². The van der Waals surface area contributed by atoms with E-state index in [9.17, 15) is 0 Å². The number of hydrogen-bond donors (Lipinski definition) is 1. The van der Waals surface area contributed by atoms with Crippen LogP contribution in [0.1, 0.15) is 42.2 Å². The van der Waals surface area contributed by atoms with Crippen LogP contribution in [0.15, 0.2) is 0 Å². The summed E-state index contributed by atoms with van der Waals surface area (Å²) in [7, 11) is 1.79. The van der Waals surface area contributed by atoms with Crippen LogP contribution in [-0.2, 0) is 11.3 Å². The van der Waals surface area contributed by atoms with Gasteiger partial charge in [0.2, 0.25) is 0 Å². The van der Waals surface area contributed by atoms with Crippen LogP contribution >= 0.6 is 11.3 Å². The quantitative estimate of drug-likeness (QED) is 0.900. The van der Waals surface area contributed by atoms with E-state index in [1.807, 2.05) is 0 Å². The number of methoxy groups -OCH3 is 1. The fourth-order valence-corrected chi connectivity index (χ4v) is 3.98. The number of nitrogens with zero attached hydrogens (tertiary/aromatic N) is 2. The predicted octanol–water partition coefficient (Wildman–Crippen LogP) is 2.34. The summed E-state index contributed by atoms with van der Waals surface area (Å²) >= 11 is 1.80. The highest BCUT2D eigenvalue weighted by atomic mass is 32.1. The molecule has 19 heavy (non-hydrogen) atoms. The number of piperidine rings is 1. The first-order valence-corrected chi connectivity index (χ1v) is 8.07. The molecule has 2 aliphatic rings. The number of hydrogen-bond acceptors (Lipinski definition) is 5. The largest absolute Gasteiger partial charge is 0.384 e. The zero-order valence-electron chi connectivity index (χ0n) is 11.6. The lowest BCUT2D eigenvalue weighted by atomic mass is 9.99. The van der Waals surface area contributed by atoms with Gasteiger partial charge >= 0.3 is 0 Å². The smallest absolute Gasteiger partial charge is 0.185 e. The van der Waals surface area contributed by atoms with Crippen molar-refractivity contribution < 1.29 is 4.74 Å². The van der Waals surface area contributed by atoms with Crippen LogP contribution in [0.2, 0.25) is 0 Å². The lowest BCUT2D eigenvalue weighted by Crippen LogP contribution is -2.37. The van der Waals surface area contributed by atoms with Crippen molar-refractivity contribution in [3.05, 3.63) is 10.6 Å². The van der Waals surface area contributed by atoms with E-state index in [0.29, 0.717) is 18.4 Å². The summed E-state index contributed by atoms with van der Waals surface area (Å²) in [5, 5.41) is 1.18. The van der Waals surface area contributed by atoms with Crippen molar-refractivity contribution in [1.82, 2.24) is 4.98 Å². The van der Waals surface area contributed by atoms with Crippen molar-refractivity contribution in [3.63, 3.8) is 0 Å².